The molecule has 0 spiro atoms. The molecule has 0 amide bonds. The minimum Gasteiger partial charge on any atom is -0.491 e. The second-order valence-corrected chi connectivity index (χ2v) is 5.50. The summed E-state index contributed by atoms with van der Waals surface area (Å²) < 4.78 is 11.2. The van der Waals surface area contributed by atoms with Gasteiger partial charge in [-0.3, -0.25) is 0 Å². The Morgan fingerprint density at radius 1 is 1.14 bits per heavy atom. The van der Waals surface area contributed by atoms with E-state index in [1.165, 1.54) is 17.7 Å². The van der Waals surface area contributed by atoms with Crippen LogP contribution in [0.5, 0.6) is 5.75 Å². The topological polar surface area (TPSA) is 33.7 Å². The molecule has 0 aliphatic carbocycles. The molecule has 0 unspecified atom stereocenters. The van der Waals surface area contributed by atoms with Gasteiger partial charge in [-0.25, -0.2) is 0 Å². The lowest BCUT2D eigenvalue weighted by Gasteiger charge is -2.24. The number of rotatable bonds is 7. The van der Waals surface area contributed by atoms with E-state index in [-0.39, 0.29) is 0 Å². The van der Waals surface area contributed by atoms with E-state index in [4.69, 9.17) is 9.47 Å². The van der Waals surface area contributed by atoms with Gasteiger partial charge in [0.1, 0.15) is 12.4 Å². The van der Waals surface area contributed by atoms with Gasteiger partial charge in [-0.2, -0.15) is 0 Å². The fourth-order valence-electron chi connectivity index (χ4n) is 2.62. The highest BCUT2D eigenvalue weighted by molar-refractivity contribution is 5.56. The molecule has 1 fully saturated rings. The average molecular weight is 292 g/mol. The van der Waals surface area contributed by atoms with Crippen LogP contribution in [0, 0.1) is 6.92 Å². The Morgan fingerprint density at radius 3 is 2.86 bits per heavy atom. The van der Waals surface area contributed by atoms with Crippen LogP contribution in [0.3, 0.4) is 0 Å². The lowest BCUT2D eigenvalue weighted by molar-refractivity contribution is 0.101. The number of nitrogens with zero attached hydrogens (tertiary/aromatic N) is 1. The molecule has 1 saturated heterocycles. The Labute approximate surface area is 128 Å². The van der Waals surface area contributed by atoms with Crippen LogP contribution in [0.1, 0.15) is 25.3 Å². The zero-order valence-electron chi connectivity index (χ0n) is 13.4. The highest BCUT2D eigenvalue weighted by Crippen LogP contribution is 2.25. The van der Waals surface area contributed by atoms with Crippen molar-refractivity contribution in [1.82, 2.24) is 5.32 Å². The summed E-state index contributed by atoms with van der Waals surface area (Å²) in [6.45, 7) is 10.7. The fraction of sp³-hybridized carbons (Fsp3) is 0.647. The van der Waals surface area contributed by atoms with Crippen LogP contribution in [0.15, 0.2) is 18.2 Å². The number of hydrogen-bond donors (Lipinski definition) is 1. The van der Waals surface area contributed by atoms with Crippen molar-refractivity contribution in [1.29, 1.82) is 0 Å². The van der Waals surface area contributed by atoms with E-state index in [0.717, 1.165) is 45.0 Å². The van der Waals surface area contributed by atoms with Gasteiger partial charge in [-0.15, -0.1) is 0 Å². The third kappa shape index (κ3) is 5.21. The number of aryl methyl sites for hydroxylation is 1. The first-order chi connectivity index (χ1) is 10.3. The van der Waals surface area contributed by atoms with Crippen molar-refractivity contribution >= 4 is 5.69 Å². The summed E-state index contributed by atoms with van der Waals surface area (Å²) in [5.41, 5.74) is 2.61. The van der Waals surface area contributed by atoms with E-state index in [9.17, 15) is 0 Å². The first kappa shape index (κ1) is 16.1. The largest absolute Gasteiger partial charge is 0.491 e. The van der Waals surface area contributed by atoms with Gasteiger partial charge in [-0.05, 0) is 50.1 Å². The van der Waals surface area contributed by atoms with Crippen molar-refractivity contribution in [2.45, 2.75) is 26.7 Å². The summed E-state index contributed by atoms with van der Waals surface area (Å²) >= 11 is 0. The van der Waals surface area contributed by atoms with Crippen molar-refractivity contribution < 1.29 is 9.47 Å². The molecule has 1 aliphatic rings. The lowest BCUT2D eigenvalue weighted by atomic mass is 10.1. The Morgan fingerprint density at radius 2 is 2.05 bits per heavy atom. The van der Waals surface area contributed by atoms with Gasteiger partial charge >= 0.3 is 0 Å². The van der Waals surface area contributed by atoms with Crippen LogP contribution in [0.25, 0.3) is 0 Å². The highest BCUT2D eigenvalue weighted by Gasteiger charge is 2.12. The minimum absolute atomic E-state index is 0.617. The van der Waals surface area contributed by atoms with Crippen molar-refractivity contribution in [3.63, 3.8) is 0 Å². The molecule has 1 heterocycles. The average Bonchev–Trinajstić information content (AvgIpc) is 2.76. The van der Waals surface area contributed by atoms with E-state index < -0.39 is 0 Å². The third-order valence-electron chi connectivity index (χ3n) is 3.69. The Balaban J connectivity index is 1.87. The second kappa shape index (κ2) is 8.90. The molecule has 4 heteroatoms. The van der Waals surface area contributed by atoms with Gasteiger partial charge < -0.3 is 19.7 Å². The predicted octanol–water partition coefficient (Wildman–Crippen LogP) is 2.60. The van der Waals surface area contributed by atoms with Gasteiger partial charge in [-0.1, -0.05) is 6.92 Å². The Kier molecular flexibility index (Phi) is 6.83. The molecule has 0 radical (unpaired) electrons. The first-order valence-electron chi connectivity index (χ1n) is 8.08. The van der Waals surface area contributed by atoms with Crippen LogP contribution in [0.2, 0.25) is 0 Å². The van der Waals surface area contributed by atoms with E-state index in [1.807, 2.05) is 0 Å². The molecule has 1 aliphatic heterocycles. The maximum absolute atomic E-state index is 5.74. The van der Waals surface area contributed by atoms with Crippen molar-refractivity contribution in [2.75, 3.05) is 50.9 Å². The molecule has 2 rings (SSSR count). The summed E-state index contributed by atoms with van der Waals surface area (Å²) in [7, 11) is 0. The number of hydrogen-bond acceptors (Lipinski definition) is 4. The van der Waals surface area contributed by atoms with Crippen molar-refractivity contribution in [3.8, 4) is 5.75 Å². The molecular formula is C17H28N2O2. The van der Waals surface area contributed by atoms with Crippen LogP contribution in [-0.2, 0) is 4.74 Å². The summed E-state index contributed by atoms with van der Waals surface area (Å²) in [4.78, 5) is 2.46. The third-order valence-corrected chi connectivity index (χ3v) is 3.69. The van der Waals surface area contributed by atoms with Crippen LogP contribution < -0.4 is 15.0 Å². The van der Waals surface area contributed by atoms with E-state index >= 15 is 0 Å². The summed E-state index contributed by atoms with van der Waals surface area (Å²) in [6.07, 6.45) is 2.25. The molecule has 0 bridgehead atoms. The van der Waals surface area contributed by atoms with Gasteiger partial charge in [0.15, 0.2) is 0 Å². The smallest absolute Gasteiger partial charge is 0.119 e. The number of anilines is 1. The summed E-state index contributed by atoms with van der Waals surface area (Å²) in [5.74, 6) is 0.935. The van der Waals surface area contributed by atoms with E-state index in [1.54, 1.807) is 0 Å². The maximum Gasteiger partial charge on any atom is 0.119 e. The summed E-state index contributed by atoms with van der Waals surface area (Å²) in [6, 6.07) is 6.39. The molecule has 1 N–H and O–H groups in total. The molecule has 1 aromatic rings. The van der Waals surface area contributed by atoms with Gasteiger partial charge in [0.2, 0.25) is 0 Å². The van der Waals surface area contributed by atoms with Crippen LogP contribution in [-0.4, -0.2) is 46.0 Å². The SMILES string of the molecule is CCCOCCOc1ccc(N2CCCNCC2)c(C)c1. The molecule has 21 heavy (non-hydrogen) atoms. The molecule has 0 saturated carbocycles. The zero-order chi connectivity index (χ0) is 14.9. The highest BCUT2D eigenvalue weighted by atomic mass is 16.5. The monoisotopic (exact) mass is 292 g/mol. The van der Waals surface area contributed by atoms with Gasteiger partial charge in [0.25, 0.3) is 0 Å². The Bertz CT molecular complexity index is 415. The van der Waals surface area contributed by atoms with Gasteiger partial charge in [0.05, 0.1) is 6.61 Å². The number of benzene rings is 1. The van der Waals surface area contributed by atoms with Crippen molar-refractivity contribution in [3.05, 3.63) is 23.8 Å². The van der Waals surface area contributed by atoms with E-state index in [0.29, 0.717) is 13.2 Å². The van der Waals surface area contributed by atoms with Gasteiger partial charge in [0, 0.05) is 31.9 Å². The number of nitrogens with one attached hydrogen (secondary N) is 1. The fourth-order valence-corrected chi connectivity index (χ4v) is 2.62. The van der Waals surface area contributed by atoms with E-state index in [2.05, 4.69) is 42.3 Å². The number of ether oxygens (including phenoxy) is 2. The summed E-state index contributed by atoms with van der Waals surface area (Å²) in [5, 5.41) is 3.44. The lowest BCUT2D eigenvalue weighted by Crippen LogP contribution is -2.28. The molecule has 118 valence electrons. The van der Waals surface area contributed by atoms with Crippen LogP contribution >= 0.6 is 0 Å². The standard InChI is InChI=1S/C17H28N2O2/c1-3-11-20-12-13-21-16-5-6-17(15(2)14-16)19-9-4-7-18-8-10-19/h5-6,14,18H,3-4,7-13H2,1-2H3. The van der Waals surface area contributed by atoms with Crippen molar-refractivity contribution in [2.24, 2.45) is 0 Å². The molecule has 4 nitrogen and oxygen atoms in total. The first-order valence-corrected chi connectivity index (χ1v) is 8.08. The maximum atomic E-state index is 5.74. The zero-order valence-corrected chi connectivity index (χ0v) is 13.4. The predicted molar refractivity (Wildman–Crippen MR) is 87.5 cm³/mol. The molecular weight excluding hydrogens is 264 g/mol. The molecule has 0 aromatic heterocycles. The van der Waals surface area contributed by atoms with Crippen LogP contribution in [0.4, 0.5) is 5.69 Å². The quantitative estimate of drug-likeness (QED) is 0.783. The minimum atomic E-state index is 0.617. The normalized spacial score (nSPS) is 15.8. The molecule has 1 aromatic carbocycles. The second-order valence-electron chi connectivity index (χ2n) is 5.50. The Hall–Kier alpha value is -1.26. The molecule has 0 atom stereocenters.